The van der Waals surface area contributed by atoms with Crippen molar-refractivity contribution < 1.29 is 13.9 Å². The number of ether oxygens (including phenoxy) is 1. The van der Waals surface area contributed by atoms with Crippen LogP contribution in [0.4, 0.5) is 0 Å². The van der Waals surface area contributed by atoms with E-state index >= 15 is 0 Å². The molecule has 6 heteroatoms. The van der Waals surface area contributed by atoms with Crippen molar-refractivity contribution in [3.63, 3.8) is 0 Å². The SMILES string of the molecule is COc1ccc(Cl)cc1C(=O)NC[C@@H](c1ccco1)N1CCCCC1. The van der Waals surface area contributed by atoms with E-state index in [1.807, 2.05) is 12.1 Å². The third-order valence-electron chi connectivity index (χ3n) is 4.57. The van der Waals surface area contributed by atoms with Crippen molar-refractivity contribution in [2.24, 2.45) is 0 Å². The molecule has 3 rings (SSSR count). The van der Waals surface area contributed by atoms with Crippen molar-refractivity contribution in [1.82, 2.24) is 10.2 Å². The average Bonchev–Trinajstić information content (AvgIpc) is 3.17. The molecule has 1 amide bonds. The first-order valence-corrected chi connectivity index (χ1v) is 8.96. The second kappa shape index (κ2) is 8.41. The molecule has 0 saturated carbocycles. The van der Waals surface area contributed by atoms with Crippen molar-refractivity contribution in [2.45, 2.75) is 25.3 Å². The van der Waals surface area contributed by atoms with Gasteiger partial charge in [0, 0.05) is 11.6 Å². The van der Waals surface area contributed by atoms with Crippen LogP contribution < -0.4 is 10.1 Å². The summed E-state index contributed by atoms with van der Waals surface area (Å²) in [6.07, 6.45) is 5.28. The number of likely N-dealkylation sites (tertiary alicyclic amines) is 1. The molecule has 1 aromatic carbocycles. The van der Waals surface area contributed by atoms with E-state index in [1.54, 1.807) is 31.6 Å². The summed E-state index contributed by atoms with van der Waals surface area (Å²) < 4.78 is 10.9. The molecule has 0 unspecified atom stereocenters. The summed E-state index contributed by atoms with van der Waals surface area (Å²) in [7, 11) is 1.54. The fourth-order valence-corrected chi connectivity index (χ4v) is 3.43. The van der Waals surface area contributed by atoms with Crippen LogP contribution in [-0.4, -0.2) is 37.6 Å². The summed E-state index contributed by atoms with van der Waals surface area (Å²) in [5, 5.41) is 3.51. The summed E-state index contributed by atoms with van der Waals surface area (Å²) in [5.74, 6) is 1.18. The van der Waals surface area contributed by atoms with Gasteiger partial charge in [-0.2, -0.15) is 0 Å². The summed E-state index contributed by atoms with van der Waals surface area (Å²) in [5.41, 5.74) is 0.437. The zero-order valence-electron chi connectivity index (χ0n) is 14.3. The first-order valence-electron chi connectivity index (χ1n) is 8.58. The third-order valence-corrected chi connectivity index (χ3v) is 4.80. The lowest BCUT2D eigenvalue weighted by molar-refractivity contribution is 0.0911. The van der Waals surface area contributed by atoms with Crippen LogP contribution in [0.25, 0.3) is 0 Å². The van der Waals surface area contributed by atoms with E-state index in [9.17, 15) is 4.79 Å². The maximum Gasteiger partial charge on any atom is 0.255 e. The van der Waals surface area contributed by atoms with Gasteiger partial charge in [-0.15, -0.1) is 0 Å². The Balaban J connectivity index is 1.72. The highest BCUT2D eigenvalue weighted by Gasteiger charge is 2.25. The molecule has 0 radical (unpaired) electrons. The molecule has 0 aliphatic carbocycles. The van der Waals surface area contributed by atoms with E-state index in [-0.39, 0.29) is 11.9 Å². The van der Waals surface area contributed by atoms with Crippen LogP contribution >= 0.6 is 11.6 Å². The molecule has 5 nitrogen and oxygen atoms in total. The van der Waals surface area contributed by atoms with Crippen molar-refractivity contribution >= 4 is 17.5 Å². The Labute approximate surface area is 152 Å². The number of hydrogen-bond donors (Lipinski definition) is 1. The van der Waals surface area contributed by atoms with Crippen molar-refractivity contribution in [3.05, 3.63) is 52.9 Å². The largest absolute Gasteiger partial charge is 0.496 e. The molecule has 1 N–H and O–H groups in total. The van der Waals surface area contributed by atoms with Gasteiger partial charge in [-0.25, -0.2) is 0 Å². The molecule has 2 aromatic rings. The minimum Gasteiger partial charge on any atom is -0.496 e. The predicted molar refractivity (Wildman–Crippen MR) is 97.2 cm³/mol. The molecular weight excluding hydrogens is 340 g/mol. The molecule has 0 spiro atoms. The van der Waals surface area contributed by atoms with Crippen molar-refractivity contribution in [2.75, 3.05) is 26.7 Å². The first-order chi connectivity index (χ1) is 12.2. The van der Waals surface area contributed by atoms with Crippen LogP contribution in [0.1, 0.15) is 41.4 Å². The van der Waals surface area contributed by atoms with Gasteiger partial charge in [-0.3, -0.25) is 9.69 Å². The topological polar surface area (TPSA) is 54.7 Å². The van der Waals surface area contributed by atoms with E-state index in [0.717, 1.165) is 18.8 Å². The fourth-order valence-electron chi connectivity index (χ4n) is 3.26. The second-order valence-electron chi connectivity index (χ2n) is 6.18. The van der Waals surface area contributed by atoms with Gasteiger partial charge in [-0.1, -0.05) is 18.0 Å². The number of methoxy groups -OCH3 is 1. The van der Waals surface area contributed by atoms with Gasteiger partial charge in [0.1, 0.15) is 11.5 Å². The average molecular weight is 363 g/mol. The normalized spacial score (nSPS) is 16.4. The highest BCUT2D eigenvalue weighted by Crippen LogP contribution is 2.26. The summed E-state index contributed by atoms with van der Waals surface area (Å²) in [4.78, 5) is 15.0. The quantitative estimate of drug-likeness (QED) is 0.846. The molecule has 1 aliphatic heterocycles. The number of rotatable bonds is 6. The molecule has 1 aromatic heterocycles. The van der Waals surface area contributed by atoms with Crippen LogP contribution in [-0.2, 0) is 0 Å². The molecule has 1 atom stereocenters. The second-order valence-corrected chi connectivity index (χ2v) is 6.62. The smallest absolute Gasteiger partial charge is 0.255 e. The molecule has 25 heavy (non-hydrogen) atoms. The number of carbonyl (C=O) groups is 1. The highest BCUT2D eigenvalue weighted by atomic mass is 35.5. The lowest BCUT2D eigenvalue weighted by Gasteiger charge is -2.33. The molecule has 1 aliphatic rings. The number of halogens is 1. The van der Waals surface area contributed by atoms with Gasteiger partial charge in [0.2, 0.25) is 0 Å². The molecular formula is C19H23ClN2O3. The number of amides is 1. The van der Waals surface area contributed by atoms with Gasteiger partial charge in [-0.05, 0) is 56.3 Å². The van der Waals surface area contributed by atoms with E-state index in [2.05, 4.69) is 10.2 Å². The zero-order chi connectivity index (χ0) is 17.6. The number of furan rings is 1. The van der Waals surface area contributed by atoms with E-state index < -0.39 is 0 Å². The lowest BCUT2D eigenvalue weighted by atomic mass is 10.1. The predicted octanol–water partition coefficient (Wildman–Crippen LogP) is 3.90. The van der Waals surface area contributed by atoms with Crippen LogP contribution in [0.3, 0.4) is 0 Å². The van der Waals surface area contributed by atoms with Gasteiger partial charge >= 0.3 is 0 Å². The Kier molecular flexibility index (Phi) is 6.00. The Bertz CT molecular complexity index is 697. The van der Waals surface area contributed by atoms with Gasteiger partial charge in [0.05, 0.1) is 25.0 Å². The highest BCUT2D eigenvalue weighted by molar-refractivity contribution is 6.31. The molecule has 0 bridgehead atoms. The maximum atomic E-state index is 12.6. The summed E-state index contributed by atoms with van der Waals surface area (Å²) >= 11 is 6.02. The Morgan fingerprint density at radius 1 is 1.32 bits per heavy atom. The van der Waals surface area contributed by atoms with Crippen LogP contribution in [0.5, 0.6) is 5.75 Å². The Morgan fingerprint density at radius 3 is 2.80 bits per heavy atom. The molecule has 134 valence electrons. The van der Waals surface area contributed by atoms with E-state index in [1.165, 1.54) is 19.3 Å². The molecule has 2 heterocycles. The number of nitrogens with one attached hydrogen (secondary N) is 1. The third kappa shape index (κ3) is 4.35. The fraction of sp³-hybridized carbons (Fsp3) is 0.421. The Hall–Kier alpha value is -1.98. The van der Waals surface area contributed by atoms with Crippen molar-refractivity contribution in [3.8, 4) is 5.75 Å². The lowest BCUT2D eigenvalue weighted by Crippen LogP contribution is -2.40. The van der Waals surface area contributed by atoms with E-state index in [0.29, 0.717) is 22.9 Å². The maximum absolute atomic E-state index is 12.6. The number of nitrogens with zero attached hydrogens (tertiary/aromatic N) is 1. The minimum absolute atomic E-state index is 0.0319. The summed E-state index contributed by atoms with van der Waals surface area (Å²) in [6.45, 7) is 2.51. The van der Waals surface area contributed by atoms with Gasteiger partial charge in [0.15, 0.2) is 0 Å². The monoisotopic (exact) mass is 362 g/mol. The van der Waals surface area contributed by atoms with Gasteiger partial charge < -0.3 is 14.5 Å². The van der Waals surface area contributed by atoms with Crippen LogP contribution in [0, 0.1) is 0 Å². The number of piperidine rings is 1. The number of hydrogen-bond acceptors (Lipinski definition) is 4. The molecule has 1 saturated heterocycles. The Morgan fingerprint density at radius 2 is 2.12 bits per heavy atom. The zero-order valence-corrected chi connectivity index (χ0v) is 15.1. The molecule has 1 fully saturated rings. The van der Waals surface area contributed by atoms with Crippen LogP contribution in [0.15, 0.2) is 41.0 Å². The van der Waals surface area contributed by atoms with Gasteiger partial charge in [0.25, 0.3) is 5.91 Å². The van der Waals surface area contributed by atoms with Crippen LogP contribution in [0.2, 0.25) is 5.02 Å². The summed E-state index contributed by atoms with van der Waals surface area (Å²) in [6, 6.07) is 8.91. The van der Waals surface area contributed by atoms with E-state index in [4.69, 9.17) is 20.8 Å². The number of carbonyl (C=O) groups excluding carboxylic acids is 1. The first kappa shape index (κ1) is 17.8. The standard InChI is InChI=1S/C19H23ClN2O3/c1-24-17-8-7-14(20)12-15(17)19(23)21-13-16(18-6-5-11-25-18)22-9-3-2-4-10-22/h5-8,11-12,16H,2-4,9-10,13H2,1H3,(H,21,23)/t16-/m0/s1. The van der Waals surface area contributed by atoms with Crippen molar-refractivity contribution in [1.29, 1.82) is 0 Å². The number of benzene rings is 1. The minimum atomic E-state index is -0.201.